The summed E-state index contributed by atoms with van der Waals surface area (Å²) in [6.45, 7) is 6.03. The zero-order chi connectivity index (χ0) is 9.90. The highest BCUT2D eigenvalue weighted by Gasteiger charge is 2.27. The van der Waals surface area contributed by atoms with E-state index in [0.717, 1.165) is 12.8 Å². The molecule has 1 rings (SSSR count). The molecule has 0 radical (unpaired) electrons. The topological polar surface area (TPSA) is 49.3 Å². The van der Waals surface area contributed by atoms with Crippen LogP contribution in [0.25, 0.3) is 0 Å². The largest absolute Gasteiger partial charge is 0.478 e. The lowest BCUT2D eigenvalue weighted by Gasteiger charge is -2.25. The molecule has 0 unspecified atom stereocenters. The van der Waals surface area contributed by atoms with E-state index in [1.54, 1.807) is 0 Å². The molecule has 1 saturated carbocycles. The van der Waals surface area contributed by atoms with Crippen LogP contribution in [0.5, 0.6) is 0 Å². The molecule has 2 N–H and O–H groups in total. The summed E-state index contributed by atoms with van der Waals surface area (Å²) < 4.78 is 0. The highest BCUT2D eigenvalue weighted by atomic mass is 16.4. The van der Waals surface area contributed by atoms with Gasteiger partial charge in [-0.05, 0) is 19.8 Å². The maximum Gasteiger partial charge on any atom is 0.332 e. The summed E-state index contributed by atoms with van der Waals surface area (Å²) in [7, 11) is 0. The number of carboxylic acids is 1. The molecule has 0 aromatic heterocycles. The molecular weight excluding hydrogens is 166 g/mol. The van der Waals surface area contributed by atoms with Crippen LogP contribution in [0, 0.1) is 0 Å². The summed E-state index contributed by atoms with van der Waals surface area (Å²) in [5.74, 6) is -0.908. The van der Waals surface area contributed by atoms with E-state index in [1.807, 2.05) is 0 Å². The first-order valence-corrected chi connectivity index (χ1v) is 4.70. The van der Waals surface area contributed by atoms with Gasteiger partial charge in [-0.25, -0.2) is 4.79 Å². The lowest BCUT2D eigenvalue weighted by Crippen LogP contribution is -2.41. The van der Waals surface area contributed by atoms with Crippen LogP contribution in [0.2, 0.25) is 0 Å². The van der Waals surface area contributed by atoms with Crippen molar-refractivity contribution in [3.05, 3.63) is 12.2 Å². The molecule has 0 heterocycles. The summed E-state index contributed by atoms with van der Waals surface area (Å²) in [4.78, 5) is 10.5. The van der Waals surface area contributed by atoms with Gasteiger partial charge in [0.25, 0.3) is 0 Å². The SMILES string of the molecule is C=C(CNC1(C)CCCC1)C(=O)O. The van der Waals surface area contributed by atoms with E-state index in [-0.39, 0.29) is 11.1 Å². The molecule has 3 nitrogen and oxygen atoms in total. The Morgan fingerprint density at radius 1 is 1.54 bits per heavy atom. The Labute approximate surface area is 78.8 Å². The Balaban J connectivity index is 2.33. The molecule has 1 aliphatic carbocycles. The first-order valence-electron chi connectivity index (χ1n) is 4.70. The van der Waals surface area contributed by atoms with Gasteiger partial charge in [0, 0.05) is 17.7 Å². The van der Waals surface area contributed by atoms with Crippen molar-refractivity contribution in [2.45, 2.75) is 38.1 Å². The Bertz CT molecular complexity index is 217. The van der Waals surface area contributed by atoms with Crippen molar-refractivity contribution in [1.82, 2.24) is 5.32 Å². The first-order chi connectivity index (χ1) is 6.03. The Hall–Kier alpha value is -0.830. The van der Waals surface area contributed by atoms with Gasteiger partial charge in [0.15, 0.2) is 0 Å². The highest BCUT2D eigenvalue weighted by Crippen LogP contribution is 2.28. The van der Waals surface area contributed by atoms with Gasteiger partial charge in [0.1, 0.15) is 0 Å². The number of rotatable bonds is 4. The molecule has 3 heteroatoms. The standard InChI is InChI=1S/C10H17NO2/c1-8(9(12)13)7-11-10(2)5-3-4-6-10/h11H,1,3-7H2,2H3,(H,12,13). The van der Waals surface area contributed by atoms with Gasteiger partial charge in [0.2, 0.25) is 0 Å². The molecule has 0 bridgehead atoms. The van der Waals surface area contributed by atoms with Crippen LogP contribution in [0.15, 0.2) is 12.2 Å². The van der Waals surface area contributed by atoms with E-state index in [2.05, 4.69) is 18.8 Å². The van der Waals surface area contributed by atoms with Crippen molar-refractivity contribution in [3.8, 4) is 0 Å². The highest BCUT2D eigenvalue weighted by molar-refractivity contribution is 5.86. The molecule has 0 saturated heterocycles. The summed E-state index contributed by atoms with van der Waals surface area (Å²) >= 11 is 0. The summed E-state index contributed by atoms with van der Waals surface area (Å²) in [5, 5.41) is 11.9. The minimum atomic E-state index is -0.908. The fraction of sp³-hybridized carbons (Fsp3) is 0.700. The van der Waals surface area contributed by atoms with E-state index in [1.165, 1.54) is 12.8 Å². The molecule has 1 fully saturated rings. The van der Waals surface area contributed by atoms with Gasteiger partial charge in [-0.2, -0.15) is 0 Å². The van der Waals surface area contributed by atoms with Crippen molar-refractivity contribution in [3.63, 3.8) is 0 Å². The zero-order valence-electron chi connectivity index (χ0n) is 8.10. The van der Waals surface area contributed by atoms with Crippen molar-refractivity contribution in [1.29, 1.82) is 0 Å². The fourth-order valence-corrected chi connectivity index (χ4v) is 1.73. The normalized spacial score (nSPS) is 20.1. The van der Waals surface area contributed by atoms with Gasteiger partial charge in [0.05, 0.1) is 0 Å². The quantitative estimate of drug-likeness (QED) is 0.650. The van der Waals surface area contributed by atoms with Crippen LogP contribution < -0.4 is 5.32 Å². The lowest BCUT2D eigenvalue weighted by atomic mass is 10.0. The average Bonchev–Trinajstić information content (AvgIpc) is 2.48. The third kappa shape index (κ3) is 2.84. The molecule has 0 amide bonds. The predicted octanol–water partition coefficient (Wildman–Crippen LogP) is 1.55. The second-order valence-electron chi connectivity index (χ2n) is 4.03. The number of hydrogen-bond acceptors (Lipinski definition) is 2. The number of carbonyl (C=O) groups is 1. The number of nitrogens with one attached hydrogen (secondary N) is 1. The molecular formula is C10H17NO2. The summed E-state index contributed by atoms with van der Waals surface area (Å²) in [5.41, 5.74) is 0.381. The van der Waals surface area contributed by atoms with Gasteiger partial charge >= 0.3 is 5.97 Å². The van der Waals surface area contributed by atoms with E-state index in [4.69, 9.17) is 5.11 Å². The summed E-state index contributed by atoms with van der Waals surface area (Å²) in [6, 6.07) is 0. The smallest absolute Gasteiger partial charge is 0.332 e. The second kappa shape index (κ2) is 3.92. The monoisotopic (exact) mass is 183 g/mol. The van der Waals surface area contributed by atoms with Crippen molar-refractivity contribution in [2.24, 2.45) is 0 Å². The zero-order valence-corrected chi connectivity index (χ0v) is 8.10. The maximum atomic E-state index is 10.5. The number of carboxylic acid groups (broad SMARTS) is 1. The Morgan fingerprint density at radius 2 is 2.08 bits per heavy atom. The predicted molar refractivity (Wildman–Crippen MR) is 51.7 cm³/mol. The van der Waals surface area contributed by atoms with Gasteiger partial charge in [-0.1, -0.05) is 19.4 Å². The molecule has 0 aromatic rings. The Kier molecular flexibility index (Phi) is 3.09. The van der Waals surface area contributed by atoms with E-state index in [9.17, 15) is 4.79 Å². The summed E-state index contributed by atoms with van der Waals surface area (Å²) in [6.07, 6.45) is 4.76. The van der Waals surface area contributed by atoms with Crippen LogP contribution in [0.3, 0.4) is 0 Å². The molecule has 0 spiro atoms. The van der Waals surface area contributed by atoms with Gasteiger partial charge in [-0.3, -0.25) is 0 Å². The molecule has 13 heavy (non-hydrogen) atoms. The van der Waals surface area contributed by atoms with Crippen LogP contribution >= 0.6 is 0 Å². The number of aliphatic carboxylic acids is 1. The van der Waals surface area contributed by atoms with Crippen LogP contribution in [0.1, 0.15) is 32.6 Å². The van der Waals surface area contributed by atoms with Crippen LogP contribution in [0.4, 0.5) is 0 Å². The third-order valence-electron chi connectivity index (χ3n) is 2.74. The van der Waals surface area contributed by atoms with Gasteiger partial charge in [-0.15, -0.1) is 0 Å². The average molecular weight is 183 g/mol. The Morgan fingerprint density at radius 3 is 2.54 bits per heavy atom. The first kappa shape index (κ1) is 10.3. The molecule has 1 aliphatic rings. The van der Waals surface area contributed by atoms with Crippen molar-refractivity contribution < 1.29 is 9.90 Å². The minimum absolute atomic E-state index is 0.137. The van der Waals surface area contributed by atoms with E-state index < -0.39 is 5.97 Å². The molecule has 74 valence electrons. The molecule has 0 atom stereocenters. The van der Waals surface area contributed by atoms with Gasteiger partial charge < -0.3 is 10.4 Å². The maximum absolute atomic E-state index is 10.5. The molecule has 0 aromatic carbocycles. The van der Waals surface area contributed by atoms with E-state index in [0.29, 0.717) is 6.54 Å². The van der Waals surface area contributed by atoms with Crippen molar-refractivity contribution in [2.75, 3.05) is 6.54 Å². The fourth-order valence-electron chi connectivity index (χ4n) is 1.73. The minimum Gasteiger partial charge on any atom is -0.478 e. The van der Waals surface area contributed by atoms with Crippen molar-refractivity contribution >= 4 is 5.97 Å². The molecule has 0 aliphatic heterocycles. The lowest BCUT2D eigenvalue weighted by molar-refractivity contribution is -0.132. The number of hydrogen-bond donors (Lipinski definition) is 2. The van der Waals surface area contributed by atoms with Crippen LogP contribution in [-0.4, -0.2) is 23.2 Å². The third-order valence-corrected chi connectivity index (χ3v) is 2.74. The van der Waals surface area contributed by atoms with Crippen LogP contribution in [-0.2, 0) is 4.79 Å². The van der Waals surface area contributed by atoms with E-state index >= 15 is 0 Å². The second-order valence-corrected chi connectivity index (χ2v) is 4.03.